The van der Waals surface area contributed by atoms with Gasteiger partial charge in [0.25, 0.3) is 0 Å². The first kappa shape index (κ1) is 45.7. The van der Waals surface area contributed by atoms with Gasteiger partial charge in [-0.2, -0.15) is 0 Å². The second kappa shape index (κ2) is 34.0. The van der Waals surface area contributed by atoms with Crippen LogP contribution in [0.4, 0.5) is 22.7 Å². The fourth-order valence-electron chi connectivity index (χ4n) is 1.71. The van der Waals surface area contributed by atoms with Gasteiger partial charge in [-0.1, -0.05) is 0 Å². The summed E-state index contributed by atoms with van der Waals surface area (Å²) in [5, 5.41) is 0. The van der Waals surface area contributed by atoms with Crippen molar-refractivity contribution < 1.29 is 0 Å². The molecule has 5 heterocycles. The maximum Gasteiger partial charge on any atom is 0.115 e. The molecule has 0 amide bonds. The summed E-state index contributed by atoms with van der Waals surface area (Å²) in [6.45, 7) is 0. The lowest BCUT2D eigenvalue weighted by molar-refractivity contribution is 1.15. The SMILES string of the molecule is Brc1cncnc1.Cl.Cl.Cl.NN.NNc1cncnc1.NNc1cncnc1.NNc1cncnc1.Nc1cncnc1. The Morgan fingerprint density at radius 1 is 0.419 bits per heavy atom. The molecule has 0 radical (unpaired) electrons. The Hall–Kier alpha value is -4.25. The fourth-order valence-corrected chi connectivity index (χ4v) is 1.95. The summed E-state index contributed by atoms with van der Waals surface area (Å²) >= 11 is 3.19. The number of hydrogen-bond acceptors (Lipinski definition) is 19. The van der Waals surface area contributed by atoms with Crippen molar-refractivity contribution >= 4 is 75.9 Å². The van der Waals surface area contributed by atoms with E-state index < -0.39 is 0 Å². The third-order valence-electron chi connectivity index (χ3n) is 3.29. The van der Waals surface area contributed by atoms with E-state index in [4.69, 9.17) is 23.3 Å². The average molecular weight is 726 g/mol. The summed E-state index contributed by atoms with van der Waals surface area (Å²) < 4.78 is 0.912. The molecule has 0 spiro atoms. The molecule has 0 atom stereocenters. The predicted molar refractivity (Wildman–Crippen MR) is 176 cm³/mol. The molecule has 0 aromatic carbocycles. The van der Waals surface area contributed by atoms with Crippen LogP contribution in [0.25, 0.3) is 0 Å². The zero-order valence-electron chi connectivity index (χ0n) is 22.2. The summed E-state index contributed by atoms with van der Waals surface area (Å²) in [7, 11) is 0. The van der Waals surface area contributed by atoms with Crippen molar-refractivity contribution in [1.29, 1.82) is 0 Å². The summed E-state index contributed by atoms with van der Waals surface area (Å²) in [6.07, 6.45) is 23.3. The third kappa shape index (κ3) is 27.7. The van der Waals surface area contributed by atoms with E-state index >= 15 is 0 Å². The van der Waals surface area contributed by atoms with Crippen LogP contribution in [0, 0.1) is 0 Å². The zero-order chi connectivity index (χ0) is 29.7. The van der Waals surface area contributed by atoms with E-state index in [0.29, 0.717) is 22.7 Å². The van der Waals surface area contributed by atoms with Gasteiger partial charge in [-0.25, -0.2) is 49.8 Å². The first-order valence-corrected chi connectivity index (χ1v) is 11.3. The number of rotatable bonds is 3. The van der Waals surface area contributed by atoms with E-state index in [1.54, 1.807) is 62.0 Å². The third-order valence-corrected chi connectivity index (χ3v) is 3.70. The number of aromatic nitrogens is 10. The Labute approximate surface area is 274 Å². The molecule has 23 heteroatoms. The van der Waals surface area contributed by atoms with Gasteiger partial charge >= 0.3 is 0 Å². The Bertz CT molecular complexity index is 1060. The van der Waals surface area contributed by atoms with Gasteiger partial charge in [-0.15, -0.1) is 37.2 Å². The Kier molecular flexibility index (Phi) is 36.1. The molecule has 19 nitrogen and oxygen atoms in total. The van der Waals surface area contributed by atoms with Gasteiger partial charge < -0.3 is 22.0 Å². The van der Waals surface area contributed by atoms with Crippen molar-refractivity contribution in [2.24, 2.45) is 29.2 Å². The first-order chi connectivity index (χ1) is 19.6. The number of anilines is 4. The molecule has 0 bridgehead atoms. The molecule has 0 aliphatic heterocycles. The lowest BCUT2D eigenvalue weighted by Crippen LogP contribution is -2.06. The second-order valence-corrected chi connectivity index (χ2v) is 6.96. The van der Waals surface area contributed by atoms with Gasteiger partial charge in [0, 0.05) is 12.4 Å². The fraction of sp³-hybridized carbons (Fsp3) is 0. The molecule has 5 rings (SSSR count). The zero-order valence-corrected chi connectivity index (χ0v) is 26.2. The van der Waals surface area contributed by atoms with Gasteiger partial charge in [-0.3, -0.25) is 29.2 Å². The van der Waals surface area contributed by atoms with Crippen LogP contribution in [0.5, 0.6) is 0 Å². The molecule has 5 aromatic heterocycles. The molecular formula is C20H33BrCl3N19. The monoisotopic (exact) mass is 723 g/mol. The largest absolute Gasteiger partial charge is 0.396 e. The van der Waals surface area contributed by atoms with Crippen LogP contribution in [-0.2, 0) is 0 Å². The molecule has 0 saturated heterocycles. The summed E-state index contributed by atoms with van der Waals surface area (Å²) in [5.41, 5.74) is 15.2. The highest BCUT2D eigenvalue weighted by molar-refractivity contribution is 9.10. The van der Waals surface area contributed by atoms with Crippen LogP contribution in [-0.4, -0.2) is 49.8 Å². The van der Waals surface area contributed by atoms with Gasteiger partial charge in [0.05, 0.1) is 76.8 Å². The molecule has 15 N–H and O–H groups in total. The van der Waals surface area contributed by atoms with E-state index in [-0.39, 0.29) is 37.2 Å². The normalized spacial score (nSPS) is 7.77. The van der Waals surface area contributed by atoms with Crippen molar-refractivity contribution in [3.8, 4) is 0 Å². The Balaban J connectivity index is -0.000000214. The Morgan fingerprint density at radius 2 is 0.628 bits per heavy atom. The van der Waals surface area contributed by atoms with Crippen LogP contribution in [0.15, 0.2) is 98.1 Å². The molecule has 236 valence electrons. The second-order valence-electron chi connectivity index (χ2n) is 6.04. The van der Waals surface area contributed by atoms with Crippen molar-refractivity contribution in [1.82, 2.24) is 49.8 Å². The molecule has 0 aliphatic rings. The predicted octanol–water partition coefficient (Wildman–Crippen LogP) is 0.669. The topological polar surface area (TPSA) is 321 Å². The molecular weight excluding hydrogens is 693 g/mol. The van der Waals surface area contributed by atoms with Crippen LogP contribution < -0.4 is 51.2 Å². The smallest absolute Gasteiger partial charge is 0.115 e. The minimum atomic E-state index is 0. The van der Waals surface area contributed by atoms with Gasteiger partial charge in [0.1, 0.15) is 31.6 Å². The molecule has 5 aromatic rings. The first-order valence-electron chi connectivity index (χ1n) is 10.5. The number of nitrogens with one attached hydrogen (secondary N) is 3. The minimum absolute atomic E-state index is 0. The highest BCUT2D eigenvalue weighted by Crippen LogP contribution is 2.01. The van der Waals surface area contributed by atoms with Crippen LogP contribution in [0.2, 0.25) is 0 Å². The van der Waals surface area contributed by atoms with Crippen molar-refractivity contribution in [3.05, 3.63) is 98.1 Å². The summed E-state index contributed by atoms with van der Waals surface area (Å²) in [4.78, 5) is 37.0. The quantitative estimate of drug-likeness (QED) is 0.0911. The van der Waals surface area contributed by atoms with Crippen molar-refractivity contribution in [3.63, 3.8) is 0 Å². The standard InChI is InChI=1S/C4H3BrN2.3C4H6N4.C4H5N3.3ClH.H4N2/c5-4-1-6-3-7-2-4;3*5-8-4-1-6-3-7-2-4;5-4-1-6-3-7-2-4;;;;1-2/h1-3H;3*1-3,8H,5H2;1-3H,5H2;3*1H;1-2H2. The average Bonchev–Trinajstić information content (AvgIpc) is 3.05. The number of nitrogen functional groups attached to an aromatic ring is 4. The van der Waals surface area contributed by atoms with Crippen LogP contribution in [0.3, 0.4) is 0 Å². The molecule has 0 saturated carbocycles. The summed E-state index contributed by atoms with van der Waals surface area (Å²) in [5.74, 6) is 23.1. The highest BCUT2D eigenvalue weighted by Gasteiger charge is 1.82. The number of nitrogens with zero attached hydrogens (tertiary/aromatic N) is 10. The van der Waals surface area contributed by atoms with Gasteiger partial charge in [0.2, 0.25) is 0 Å². The lowest BCUT2D eigenvalue weighted by atomic mass is 10.6. The number of nitrogens with two attached hydrogens (primary N) is 6. The van der Waals surface area contributed by atoms with Crippen molar-refractivity contribution in [2.45, 2.75) is 0 Å². The maximum atomic E-state index is 5.23. The number of hydrogen-bond donors (Lipinski definition) is 9. The van der Waals surface area contributed by atoms with E-state index in [1.807, 2.05) is 0 Å². The van der Waals surface area contributed by atoms with Crippen LogP contribution >= 0.6 is 53.2 Å². The molecule has 0 unspecified atom stereocenters. The van der Waals surface area contributed by atoms with Gasteiger partial charge in [-0.05, 0) is 15.9 Å². The van der Waals surface area contributed by atoms with Gasteiger partial charge in [0.15, 0.2) is 0 Å². The number of hydrazine groups is 4. The number of halogens is 4. The lowest BCUT2D eigenvalue weighted by Gasteiger charge is -1.92. The molecule has 43 heavy (non-hydrogen) atoms. The Morgan fingerprint density at radius 3 is 0.744 bits per heavy atom. The summed E-state index contributed by atoms with van der Waals surface area (Å²) in [6, 6.07) is 0. The van der Waals surface area contributed by atoms with E-state index in [1.165, 1.54) is 31.6 Å². The highest BCUT2D eigenvalue weighted by atomic mass is 79.9. The molecule has 0 fully saturated rings. The molecule has 0 aliphatic carbocycles. The minimum Gasteiger partial charge on any atom is -0.396 e. The van der Waals surface area contributed by atoms with E-state index in [9.17, 15) is 0 Å². The van der Waals surface area contributed by atoms with E-state index in [2.05, 4.69) is 93.7 Å². The van der Waals surface area contributed by atoms with Crippen LogP contribution in [0.1, 0.15) is 0 Å². The maximum absolute atomic E-state index is 5.23. The van der Waals surface area contributed by atoms with Crippen molar-refractivity contribution in [2.75, 3.05) is 22.0 Å². The van der Waals surface area contributed by atoms with E-state index in [0.717, 1.165) is 4.47 Å².